The number of carbonyl (C=O) groups excluding carboxylic acids is 1. The summed E-state index contributed by atoms with van der Waals surface area (Å²) >= 11 is 0. The number of aryl methyl sites for hydroxylation is 2. The number of fused-ring (bicyclic) bond motifs is 1. The summed E-state index contributed by atoms with van der Waals surface area (Å²) in [6, 6.07) is 5.24. The van der Waals surface area contributed by atoms with Gasteiger partial charge in [-0.15, -0.1) is 0 Å². The van der Waals surface area contributed by atoms with E-state index in [1.807, 2.05) is 27.7 Å². The molecule has 1 aromatic heterocycles. The zero-order valence-corrected chi connectivity index (χ0v) is 17.1. The van der Waals surface area contributed by atoms with E-state index in [-0.39, 0.29) is 11.9 Å². The SMILES string of the molecule is Cc1cc(-n2nc3c(c2C#N)[C@H](C)N(C(=O)OC(C)(C)C)CC3)cc(C)c1F. The van der Waals surface area contributed by atoms with E-state index in [0.717, 1.165) is 11.3 Å². The van der Waals surface area contributed by atoms with Crippen molar-refractivity contribution in [3.8, 4) is 11.8 Å². The lowest BCUT2D eigenvalue weighted by Gasteiger charge is -2.34. The zero-order chi connectivity index (χ0) is 20.8. The largest absolute Gasteiger partial charge is 0.444 e. The Labute approximate surface area is 164 Å². The lowest BCUT2D eigenvalue weighted by Crippen LogP contribution is -2.42. The van der Waals surface area contributed by atoms with Gasteiger partial charge in [0.15, 0.2) is 0 Å². The normalized spacial score (nSPS) is 16.5. The molecule has 3 rings (SSSR count). The van der Waals surface area contributed by atoms with Gasteiger partial charge in [0.1, 0.15) is 23.2 Å². The average molecular weight is 384 g/mol. The van der Waals surface area contributed by atoms with Crippen LogP contribution in [0.1, 0.15) is 61.8 Å². The zero-order valence-electron chi connectivity index (χ0n) is 17.1. The van der Waals surface area contributed by atoms with Crippen LogP contribution >= 0.6 is 0 Å². The predicted octanol–water partition coefficient (Wildman–Crippen LogP) is 4.35. The molecule has 0 radical (unpaired) electrons. The van der Waals surface area contributed by atoms with Crippen LogP contribution in [0, 0.1) is 31.0 Å². The van der Waals surface area contributed by atoms with E-state index in [2.05, 4.69) is 11.2 Å². The van der Waals surface area contributed by atoms with Crippen molar-refractivity contribution < 1.29 is 13.9 Å². The Hall–Kier alpha value is -2.88. The fourth-order valence-corrected chi connectivity index (χ4v) is 3.58. The van der Waals surface area contributed by atoms with Crippen LogP contribution < -0.4 is 0 Å². The second-order valence-corrected chi connectivity index (χ2v) is 8.23. The molecule has 0 N–H and O–H groups in total. The van der Waals surface area contributed by atoms with Crippen LogP contribution in [0.4, 0.5) is 9.18 Å². The van der Waals surface area contributed by atoms with Gasteiger partial charge in [-0.3, -0.25) is 0 Å². The Bertz CT molecular complexity index is 959. The lowest BCUT2D eigenvalue weighted by molar-refractivity contribution is 0.0159. The number of nitrogens with zero attached hydrogens (tertiary/aromatic N) is 4. The van der Waals surface area contributed by atoms with Crippen LogP contribution in [0.3, 0.4) is 0 Å². The van der Waals surface area contributed by atoms with Crippen LogP contribution in [-0.4, -0.2) is 32.9 Å². The first-order chi connectivity index (χ1) is 13.0. The van der Waals surface area contributed by atoms with Gasteiger partial charge >= 0.3 is 6.09 Å². The highest BCUT2D eigenvalue weighted by atomic mass is 19.1. The molecule has 0 fully saturated rings. The summed E-state index contributed by atoms with van der Waals surface area (Å²) in [5.74, 6) is -0.261. The number of aromatic nitrogens is 2. The first-order valence-electron chi connectivity index (χ1n) is 9.32. The molecule has 7 heteroatoms. The number of carbonyl (C=O) groups is 1. The van der Waals surface area contributed by atoms with E-state index in [9.17, 15) is 14.4 Å². The quantitative estimate of drug-likeness (QED) is 0.733. The average Bonchev–Trinajstić information content (AvgIpc) is 2.97. The molecule has 1 aliphatic rings. The maximum atomic E-state index is 14.0. The molecule has 0 aliphatic carbocycles. The summed E-state index contributed by atoms with van der Waals surface area (Å²) in [5.41, 5.74) is 2.90. The molecular formula is C21H25FN4O2. The minimum absolute atomic E-state index is 0.261. The second kappa shape index (κ2) is 6.93. The second-order valence-electron chi connectivity index (χ2n) is 8.23. The van der Waals surface area contributed by atoms with E-state index < -0.39 is 11.7 Å². The van der Waals surface area contributed by atoms with Gasteiger partial charge in [0, 0.05) is 18.5 Å². The van der Waals surface area contributed by atoms with Crippen LogP contribution in [0.15, 0.2) is 12.1 Å². The van der Waals surface area contributed by atoms with Crippen molar-refractivity contribution in [2.45, 2.75) is 59.6 Å². The van der Waals surface area contributed by atoms with Crippen molar-refractivity contribution in [1.82, 2.24) is 14.7 Å². The van der Waals surface area contributed by atoms with Crippen molar-refractivity contribution in [1.29, 1.82) is 5.26 Å². The molecule has 0 saturated heterocycles. The maximum Gasteiger partial charge on any atom is 0.410 e. The Morgan fingerprint density at radius 3 is 2.46 bits per heavy atom. The Morgan fingerprint density at radius 1 is 1.32 bits per heavy atom. The molecule has 0 unspecified atom stereocenters. The molecule has 1 aromatic carbocycles. The van der Waals surface area contributed by atoms with Crippen LogP contribution in [0.2, 0.25) is 0 Å². The molecule has 148 valence electrons. The monoisotopic (exact) mass is 384 g/mol. The van der Waals surface area contributed by atoms with Gasteiger partial charge in [-0.25, -0.2) is 13.9 Å². The van der Waals surface area contributed by atoms with Gasteiger partial charge in [-0.2, -0.15) is 10.4 Å². The Morgan fingerprint density at radius 2 is 1.93 bits per heavy atom. The van der Waals surface area contributed by atoms with E-state index in [1.165, 1.54) is 0 Å². The smallest absolute Gasteiger partial charge is 0.410 e. The minimum Gasteiger partial charge on any atom is -0.444 e. The van der Waals surface area contributed by atoms with E-state index in [0.29, 0.717) is 35.5 Å². The van der Waals surface area contributed by atoms with Crippen molar-refractivity contribution >= 4 is 6.09 Å². The van der Waals surface area contributed by atoms with Gasteiger partial charge in [-0.05, 0) is 64.8 Å². The molecule has 0 saturated carbocycles. The van der Waals surface area contributed by atoms with Gasteiger partial charge in [0.25, 0.3) is 0 Å². The summed E-state index contributed by atoms with van der Waals surface area (Å²) in [4.78, 5) is 14.2. The molecule has 28 heavy (non-hydrogen) atoms. The van der Waals surface area contributed by atoms with E-state index in [4.69, 9.17) is 4.74 Å². The van der Waals surface area contributed by atoms with Crippen molar-refractivity contribution in [2.24, 2.45) is 0 Å². The number of hydrogen-bond donors (Lipinski definition) is 0. The molecule has 1 atom stereocenters. The number of benzene rings is 1. The highest BCUT2D eigenvalue weighted by molar-refractivity contribution is 5.69. The van der Waals surface area contributed by atoms with Crippen molar-refractivity contribution in [3.63, 3.8) is 0 Å². The van der Waals surface area contributed by atoms with E-state index in [1.54, 1.807) is 35.6 Å². The Balaban J connectivity index is 2.04. The molecule has 2 heterocycles. The summed E-state index contributed by atoms with van der Waals surface area (Å²) in [7, 11) is 0. The summed E-state index contributed by atoms with van der Waals surface area (Å²) < 4.78 is 21.1. The summed E-state index contributed by atoms with van der Waals surface area (Å²) in [6.07, 6.45) is 0.121. The highest BCUT2D eigenvalue weighted by Crippen LogP contribution is 2.34. The molecule has 0 bridgehead atoms. The maximum absolute atomic E-state index is 14.0. The third-order valence-electron chi connectivity index (χ3n) is 4.87. The van der Waals surface area contributed by atoms with Gasteiger partial charge in [-0.1, -0.05) is 0 Å². The van der Waals surface area contributed by atoms with Crippen molar-refractivity contribution in [2.75, 3.05) is 6.54 Å². The third-order valence-corrected chi connectivity index (χ3v) is 4.87. The number of amides is 1. The number of hydrogen-bond acceptors (Lipinski definition) is 4. The van der Waals surface area contributed by atoms with E-state index >= 15 is 0 Å². The predicted molar refractivity (Wildman–Crippen MR) is 103 cm³/mol. The number of nitriles is 1. The molecule has 6 nitrogen and oxygen atoms in total. The van der Waals surface area contributed by atoms with Crippen LogP contribution in [0.25, 0.3) is 5.69 Å². The highest BCUT2D eigenvalue weighted by Gasteiger charge is 2.35. The molecule has 2 aromatic rings. The number of rotatable bonds is 1. The number of ether oxygens (including phenoxy) is 1. The molecular weight excluding hydrogens is 359 g/mol. The number of halogens is 1. The third kappa shape index (κ3) is 3.47. The molecule has 1 amide bonds. The standard InChI is InChI=1S/C21H25FN4O2/c1-12-9-15(10-13(2)19(12)22)26-17(11-23)18-14(3)25(8-7-16(18)24-26)20(27)28-21(4,5)6/h9-10,14H,7-8H2,1-6H3/t14-/m0/s1. The summed E-state index contributed by atoms with van der Waals surface area (Å²) in [5, 5.41) is 14.4. The molecule has 1 aliphatic heterocycles. The van der Waals surface area contributed by atoms with Gasteiger partial charge < -0.3 is 9.64 Å². The van der Waals surface area contributed by atoms with Gasteiger partial charge in [0.05, 0.1) is 17.4 Å². The minimum atomic E-state index is -0.595. The van der Waals surface area contributed by atoms with Crippen LogP contribution in [0.5, 0.6) is 0 Å². The fraction of sp³-hybridized carbons (Fsp3) is 0.476. The first kappa shape index (κ1) is 19.9. The van der Waals surface area contributed by atoms with Gasteiger partial charge in [0.2, 0.25) is 0 Å². The summed E-state index contributed by atoms with van der Waals surface area (Å²) in [6.45, 7) is 11.2. The molecule has 0 spiro atoms. The van der Waals surface area contributed by atoms with Crippen molar-refractivity contribution in [3.05, 3.63) is 46.0 Å². The first-order valence-corrected chi connectivity index (χ1v) is 9.32. The lowest BCUT2D eigenvalue weighted by atomic mass is 9.98. The Kier molecular flexibility index (Phi) is 4.92. The topological polar surface area (TPSA) is 71.2 Å². The van der Waals surface area contributed by atoms with Crippen LogP contribution in [-0.2, 0) is 11.2 Å². The fourth-order valence-electron chi connectivity index (χ4n) is 3.58.